The lowest BCUT2D eigenvalue weighted by atomic mass is 10.0. The van der Waals surface area contributed by atoms with Crippen molar-refractivity contribution in [2.24, 2.45) is 0 Å². The van der Waals surface area contributed by atoms with Crippen LogP contribution in [-0.2, 0) is 14.4 Å². The van der Waals surface area contributed by atoms with Crippen molar-refractivity contribution in [3.8, 4) is 0 Å². The van der Waals surface area contributed by atoms with Crippen molar-refractivity contribution in [3.63, 3.8) is 0 Å². The van der Waals surface area contributed by atoms with Gasteiger partial charge < -0.3 is 9.30 Å². The minimum absolute atomic E-state index is 0.261. The second-order valence-electron chi connectivity index (χ2n) is 4.96. The van der Waals surface area contributed by atoms with Gasteiger partial charge in [-0.2, -0.15) is 0 Å². The number of amides is 1. The molecule has 0 saturated carbocycles. The first-order valence-electron chi connectivity index (χ1n) is 6.65. The third kappa shape index (κ3) is 2.45. The molecule has 1 aliphatic heterocycles. The summed E-state index contributed by atoms with van der Waals surface area (Å²) in [4.78, 5) is 25.3. The molecule has 1 saturated heterocycles. The van der Waals surface area contributed by atoms with Gasteiger partial charge in [0.1, 0.15) is 29.5 Å². The summed E-state index contributed by atoms with van der Waals surface area (Å²) >= 11 is 6.05. The Morgan fingerprint density at radius 1 is 1.50 bits per heavy atom. The number of hydroxylamine groups is 2. The van der Waals surface area contributed by atoms with Gasteiger partial charge in [0, 0.05) is 25.6 Å². The number of carbonyl (C=O) groups excluding carboxylic acids is 1. The van der Waals surface area contributed by atoms with Crippen LogP contribution >= 0.6 is 11.6 Å². The molecule has 2 atom stereocenters. The predicted molar refractivity (Wildman–Crippen MR) is 79.4 cm³/mol. The third-order valence-electron chi connectivity index (χ3n) is 3.64. The monoisotopic (exact) mass is 322 g/mol. The van der Waals surface area contributed by atoms with Crippen molar-refractivity contribution in [1.29, 1.82) is 0 Å². The summed E-state index contributed by atoms with van der Waals surface area (Å²) in [6.07, 6.45) is 3.98. The number of nitrogens with zero attached hydrogens (tertiary/aromatic N) is 4. The fourth-order valence-corrected chi connectivity index (χ4v) is 2.59. The zero-order valence-electron chi connectivity index (χ0n) is 12.4. The van der Waals surface area contributed by atoms with E-state index >= 15 is 0 Å². The summed E-state index contributed by atoms with van der Waals surface area (Å²) in [5.41, 5.74) is 0.655. The van der Waals surface area contributed by atoms with Gasteiger partial charge in [-0.1, -0.05) is 18.5 Å². The Balaban J connectivity index is 1.87. The van der Waals surface area contributed by atoms with E-state index in [1.165, 1.54) is 13.4 Å². The lowest BCUT2D eigenvalue weighted by Gasteiger charge is -2.20. The van der Waals surface area contributed by atoms with Gasteiger partial charge in [-0.25, -0.2) is 15.0 Å². The Morgan fingerprint density at radius 2 is 2.27 bits per heavy atom. The maximum atomic E-state index is 12.2. The van der Waals surface area contributed by atoms with E-state index in [0.717, 1.165) is 16.4 Å². The summed E-state index contributed by atoms with van der Waals surface area (Å²) in [5, 5.41) is 2.27. The highest BCUT2D eigenvalue weighted by atomic mass is 35.5. The molecule has 1 amide bonds. The first-order valence-corrected chi connectivity index (χ1v) is 7.03. The first-order chi connectivity index (χ1) is 10.5. The molecule has 0 spiro atoms. The van der Waals surface area contributed by atoms with Gasteiger partial charge in [0.2, 0.25) is 0 Å². The molecule has 8 heteroatoms. The van der Waals surface area contributed by atoms with Crippen LogP contribution in [0.2, 0.25) is 5.15 Å². The number of hydrogen-bond acceptors (Lipinski definition) is 5. The first kappa shape index (κ1) is 15.2. The zero-order chi connectivity index (χ0) is 15.9. The fraction of sp³-hybridized carbons (Fsp3) is 0.357. The van der Waals surface area contributed by atoms with Crippen LogP contribution in [0.4, 0.5) is 0 Å². The average molecular weight is 323 g/mol. The molecule has 2 radical (unpaired) electrons. The molecule has 0 aromatic carbocycles. The fourth-order valence-electron chi connectivity index (χ4n) is 2.40. The van der Waals surface area contributed by atoms with Crippen LogP contribution in [0, 0.1) is 12.3 Å². The highest BCUT2D eigenvalue weighted by molar-refractivity contribution is 6.33. The zero-order valence-corrected chi connectivity index (χ0v) is 13.1. The van der Waals surface area contributed by atoms with E-state index in [9.17, 15) is 4.79 Å². The molecule has 1 fully saturated rings. The second-order valence-corrected chi connectivity index (χ2v) is 5.32. The smallest absolute Gasteiger partial charge is 0.275 e. The maximum absolute atomic E-state index is 12.2. The number of hydrogen-bond donors (Lipinski definition) is 0. The molecule has 116 valence electrons. The van der Waals surface area contributed by atoms with Gasteiger partial charge >= 0.3 is 0 Å². The molecule has 22 heavy (non-hydrogen) atoms. The van der Waals surface area contributed by atoms with E-state index in [0.29, 0.717) is 10.8 Å². The number of rotatable bonds is 3. The summed E-state index contributed by atoms with van der Waals surface area (Å²) < 4.78 is 7.66. The van der Waals surface area contributed by atoms with Gasteiger partial charge in [-0.3, -0.25) is 9.63 Å². The molecular weight excluding hydrogens is 308 g/mol. The van der Waals surface area contributed by atoms with Crippen LogP contribution < -0.4 is 0 Å². The highest BCUT2D eigenvalue weighted by Crippen LogP contribution is 2.36. The number of likely N-dealkylation sites (N-methyl/N-ethyl adjacent to an activating group) is 1. The SMILES string of the molecule is CON(C)C(=O)C1OC(n2ccc3c(Cl)ncnc32)[CH][C]1C. The molecular formula is C14H15ClN4O3. The van der Waals surface area contributed by atoms with Gasteiger partial charge in [-0.15, -0.1) is 0 Å². The van der Waals surface area contributed by atoms with E-state index in [4.69, 9.17) is 21.2 Å². The summed E-state index contributed by atoms with van der Waals surface area (Å²) in [6.45, 7) is 1.85. The molecule has 0 N–H and O–H groups in total. The Morgan fingerprint density at radius 3 is 3.00 bits per heavy atom. The molecule has 2 unspecified atom stereocenters. The maximum Gasteiger partial charge on any atom is 0.275 e. The molecule has 1 aliphatic rings. The number of fused-ring (bicyclic) bond motifs is 1. The van der Waals surface area contributed by atoms with Crippen LogP contribution in [0.5, 0.6) is 0 Å². The Labute approximate surface area is 132 Å². The van der Waals surface area contributed by atoms with Gasteiger partial charge in [0.15, 0.2) is 0 Å². The van der Waals surface area contributed by atoms with E-state index in [2.05, 4.69) is 9.97 Å². The molecule has 2 aromatic heterocycles. The van der Waals surface area contributed by atoms with E-state index in [1.807, 2.05) is 30.2 Å². The Kier molecular flexibility index (Phi) is 4.03. The lowest BCUT2D eigenvalue weighted by Crippen LogP contribution is -2.37. The van der Waals surface area contributed by atoms with E-state index < -0.39 is 12.3 Å². The molecule has 3 heterocycles. The van der Waals surface area contributed by atoms with E-state index in [1.54, 1.807) is 7.05 Å². The Hall–Kier alpha value is -1.70. The van der Waals surface area contributed by atoms with Crippen LogP contribution in [0.3, 0.4) is 0 Å². The van der Waals surface area contributed by atoms with Crippen molar-refractivity contribution in [2.45, 2.75) is 19.3 Å². The van der Waals surface area contributed by atoms with Crippen LogP contribution in [0.15, 0.2) is 18.6 Å². The van der Waals surface area contributed by atoms with Crippen molar-refractivity contribution < 1.29 is 14.4 Å². The summed E-state index contributed by atoms with van der Waals surface area (Å²) in [5.74, 6) is 0.559. The standard InChI is InChI=1S/C14H15ClN4O3/c1-8-6-10(22-11(8)14(20)18(2)21-3)19-5-4-9-12(15)16-7-17-13(9)19/h4-7,10-11H,1-3H3. The number of carbonyl (C=O) groups is 1. The lowest BCUT2D eigenvalue weighted by molar-refractivity contribution is -0.180. The molecule has 3 rings (SSSR count). The topological polar surface area (TPSA) is 69.5 Å². The summed E-state index contributed by atoms with van der Waals surface area (Å²) in [7, 11) is 2.98. The average Bonchev–Trinajstić information content (AvgIpc) is 3.10. The van der Waals surface area contributed by atoms with Gasteiger partial charge in [-0.05, 0) is 6.07 Å². The number of aromatic nitrogens is 3. The highest BCUT2D eigenvalue weighted by Gasteiger charge is 2.40. The number of ether oxygens (including phenoxy) is 1. The molecule has 0 bridgehead atoms. The van der Waals surface area contributed by atoms with Crippen LogP contribution in [0.1, 0.15) is 13.2 Å². The Bertz CT molecular complexity index is 704. The molecule has 2 aromatic rings. The normalized spacial score (nSPS) is 22.4. The van der Waals surface area contributed by atoms with E-state index in [-0.39, 0.29) is 5.91 Å². The minimum Gasteiger partial charge on any atom is -0.344 e. The van der Waals surface area contributed by atoms with Crippen molar-refractivity contribution in [1.82, 2.24) is 19.6 Å². The third-order valence-corrected chi connectivity index (χ3v) is 3.94. The molecule has 7 nitrogen and oxygen atoms in total. The predicted octanol–water partition coefficient (Wildman–Crippen LogP) is 1.80. The van der Waals surface area contributed by atoms with Crippen molar-refractivity contribution in [2.75, 3.05) is 14.2 Å². The van der Waals surface area contributed by atoms with Crippen molar-refractivity contribution in [3.05, 3.63) is 36.1 Å². The van der Waals surface area contributed by atoms with Crippen LogP contribution in [-0.4, -0.2) is 45.8 Å². The minimum atomic E-state index is -0.676. The second kappa shape index (κ2) is 5.83. The quantitative estimate of drug-likeness (QED) is 0.636. The van der Waals surface area contributed by atoms with Crippen LogP contribution in [0.25, 0.3) is 11.0 Å². The van der Waals surface area contributed by atoms with Crippen molar-refractivity contribution >= 4 is 28.5 Å². The summed E-state index contributed by atoms with van der Waals surface area (Å²) in [6, 6.07) is 1.82. The molecule has 0 aliphatic carbocycles. The van der Waals surface area contributed by atoms with Gasteiger partial charge in [0.05, 0.1) is 12.5 Å². The largest absolute Gasteiger partial charge is 0.344 e. The number of halogens is 1. The van der Waals surface area contributed by atoms with Gasteiger partial charge in [0.25, 0.3) is 5.91 Å².